The molecule has 2 amide bonds. The van der Waals surface area contributed by atoms with E-state index in [1.165, 1.54) is 4.90 Å². The molecule has 0 radical (unpaired) electrons. The minimum absolute atomic E-state index is 0.0296. The van der Waals surface area contributed by atoms with Crippen LogP contribution in [0, 0.1) is 12.8 Å². The van der Waals surface area contributed by atoms with Crippen LogP contribution < -0.4 is 0 Å². The molecule has 0 unspecified atom stereocenters. The molecule has 0 aliphatic carbocycles. The third-order valence-corrected chi connectivity index (χ3v) is 4.65. The van der Waals surface area contributed by atoms with Gasteiger partial charge in [-0.05, 0) is 25.8 Å². The van der Waals surface area contributed by atoms with E-state index in [2.05, 4.69) is 0 Å². The molecule has 1 aliphatic heterocycles. The number of nitrogens with zero attached hydrogens (tertiary/aromatic N) is 2. The molecule has 0 spiro atoms. The van der Waals surface area contributed by atoms with Gasteiger partial charge in [-0.1, -0.05) is 13.8 Å². The monoisotopic (exact) mass is 350 g/mol. The quantitative estimate of drug-likeness (QED) is 0.878. The summed E-state index contributed by atoms with van der Waals surface area (Å²) in [4.78, 5) is 38.9. The number of hydrogen-bond acceptors (Lipinski definition) is 4. The van der Waals surface area contributed by atoms with Crippen molar-refractivity contribution in [3.63, 3.8) is 0 Å². The van der Waals surface area contributed by atoms with Crippen molar-refractivity contribution in [3.8, 4) is 0 Å². The van der Waals surface area contributed by atoms with E-state index in [4.69, 9.17) is 9.52 Å². The molecule has 0 atom stereocenters. The van der Waals surface area contributed by atoms with Crippen molar-refractivity contribution >= 4 is 17.8 Å². The molecule has 1 N–H and O–H groups in total. The third-order valence-electron chi connectivity index (χ3n) is 4.65. The number of amides is 2. The van der Waals surface area contributed by atoms with E-state index in [9.17, 15) is 14.4 Å². The van der Waals surface area contributed by atoms with E-state index >= 15 is 0 Å². The van der Waals surface area contributed by atoms with E-state index < -0.39 is 5.97 Å². The number of carboxylic acid groups (broad SMARTS) is 1. The van der Waals surface area contributed by atoms with Crippen LogP contribution in [0.1, 0.15) is 54.5 Å². The molecule has 0 aromatic carbocycles. The highest BCUT2D eigenvalue weighted by atomic mass is 16.4. The van der Waals surface area contributed by atoms with Crippen LogP contribution in [0.15, 0.2) is 10.5 Å². The number of likely N-dealkylation sites (tertiary alicyclic amines) is 1. The Morgan fingerprint density at radius 3 is 2.40 bits per heavy atom. The van der Waals surface area contributed by atoms with Gasteiger partial charge < -0.3 is 19.3 Å². The Bertz CT molecular complexity index is 656. The minimum Gasteiger partial charge on any atom is -0.481 e. The van der Waals surface area contributed by atoms with E-state index in [-0.39, 0.29) is 30.2 Å². The Balaban J connectivity index is 1.95. The van der Waals surface area contributed by atoms with Gasteiger partial charge in [-0.15, -0.1) is 0 Å². The van der Waals surface area contributed by atoms with E-state index in [1.54, 1.807) is 24.9 Å². The fourth-order valence-electron chi connectivity index (χ4n) is 2.96. The number of aliphatic carboxylic acids is 1. The summed E-state index contributed by atoms with van der Waals surface area (Å²) in [6.07, 6.45) is 0.911. The summed E-state index contributed by atoms with van der Waals surface area (Å²) in [6.45, 7) is 6.52. The third kappa shape index (κ3) is 4.41. The highest BCUT2D eigenvalue weighted by Crippen LogP contribution is 2.23. The Morgan fingerprint density at radius 2 is 1.92 bits per heavy atom. The van der Waals surface area contributed by atoms with Gasteiger partial charge in [0, 0.05) is 26.1 Å². The van der Waals surface area contributed by atoms with Gasteiger partial charge in [0.2, 0.25) is 5.91 Å². The van der Waals surface area contributed by atoms with Crippen molar-refractivity contribution in [2.45, 2.75) is 39.5 Å². The largest absolute Gasteiger partial charge is 0.481 e. The van der Waals surface area contributed by atoms with Gasteiger partial charge in [-0.3, -0.25) is 14.4 Å². The Morgan fingerprint density at radius 1 is 1.32 bits per heavy atom. The first-order chi connectivity index (χ1) is 11.7. The van der Waals surface area contributed by atoms with Crippen molar-refractivity contribution in [1.82, 2.24) is 9.80 Å². The van der Waals surface area contributed by atoms with E-state index in [1.807, 2.05) is 13.8 Å². The first-order valence-corrected chi connectivity index (χ1v) is 8.57. The lowest BCUT2D eigenvalue weighted by Crippen LogP contribution is -2.45. The summed E-state index contributed by atoms with van der Waals surface area (Å²) in [6, 6.07) is 1.74. The molecular weight excluding hydrogens is 324 g/mol. The van der Waals surface area contributed by atoms with Crippen LogP contribution in [0.2, 0.25) is 0 Å². The molecule has 138 valence electrons. The van der Waals surface area contributed by atoms with Crippen molar-refractivity contribution in [2.24, 2.45) is 5.92 Å². The molecule has 25 heavy (non-hydrogen) atoms. The summed E-state index contributed by atoms with van der Waals surface area (Å²) in [5.74, 6) is -0.122. The second-order valence-corrected chi connectivity index (χ2v) is 6.93. The molecule has 2 rings (SSSR count). The maximum atomic E-state index is 12.6. The van der Waals surface area contributed by atoms with Gasteiger partial charge in [-0.25, -0.2) is 0 Å². The second-order valence-electron chi connectivity index (χ2n) is 6.93. The highest BCUT2D eigenvalue weighted by Gasteiger charge is 2.28. The zero-order valence-electron chi connectivity index (χ0n) is 15.2. The molecule has 1 aliphatic rings. The van der Waals surface area contributed by atoms with Crippen molar-refractivity contribution in [2.75, 3.05) is 26.7 Å². The van der Waals surface area contributed by atoms with Crippen molar-refractivity contribution in [3.05, 3.63) is 23.2 Å². The lowest BCUT2D eigenvalue weighted by Gasteiger charge is -2.31. The highest BCUT2D eigenvalue weighted by molar-refractivity contribution is 5.97. The number of hydrogen-bond donors (Lipinski definition) is 1. The van der Waals surface area contributed by atoms with Gasteiger partial charge in [0.25, 0.3) is 5.91 Å². The molecule has 1 aromatic rings. The number of rotatable bonds is 5. The zero-order valence-corrected chi connectivity index (χ0v) is 15.2. The number of furan rings is 1. The van der Waals surface area contributed by atoms with Crippen molar-refractivity contribution in [1.29, 1.82) is 0 Å². The molecular formula is C18H26N2O5. The Hall–Kier alpha value is -2.31. The maximum Gasteiger partial charge on any atom is 0.306 e. The molecule has 7 nitrogen and oxygen atoms in total. The number of carbonyl (C=O) groups is 3. The van der Waals surface area contributed by atoms with Crippen LogP contribution in [-0.2, 0) is 9.59 Å². The SMILES string of the molecule is Cc1oc(C(C)C)cc1C(=O)N(C)CC(=O)N1CCC(C(=O)O)CC1. The Labute approximate surface area is 147 Å². The summed E-state index contributed by atoms with van der Waals surface area (Å²) < 4.78 is 5.60. The predicted molar refractivity (Wildman–Crippen MR) is 91.4 cm³/mol. The van der Waals surface area contributed by atoms with Gasteiger partial charge in [0.15, 0.2) is 0 Å². The van der Waals surface area contributed by atoms with Crippen LogP contribution in [-0.4, -0.2) is 59.4 Å². The van der Waals surface area contributed by atoms with Crippen LogP contribution in [0.25, 0.3) is 0 Å². The fourth-order valence-corrected chi connectivity index (χ4v) is 2.96. The van der Waals surface area contributed by atoms with Crippen LogP contribution in [0.5, 0.6) is 0 Å². The molecule has 0 bridgehead atoms. The second kappa shape index (κ2) is 7.72. The van der Waals surface area contributed by atoms with Crippen LogP contribution >= 0.6 is 0 Å². The van der Waals surface area contributed by atoms with E-state index in [0.29, 0.717) is 37.3 Å². The summed E-state index contributed by atoms with van der Waals surface area (Å²) in [5, 5.41) is 9.01. The van der Waals surface area contributed by atoms with Gasteiger partial charge in [0.1, 0.15) is 11.5 Å². The van der Waals surface area contributed by atoms with Gasteiger partial charge in [0.05, 0.1) is 18.0 Å². The normalized spacial score (nSPS) is 15.5. The summed E-state index contributed by atoms with van der Waals surface area (Å²) in [7, 11) is 1.59. The first kappa shape index (κ1) is 19.0. The van der Waals surface area contributed by atoms with E-state index in [0.717, 1.165) is 5.76 Å². The van der Waals surface area contributed by atoms with Crippen molar-refractivity contribution < 1.29 is 23.9 Å². The number of likely N-dealkylation sites (N-methyl/N-ethyl adjacent to an activating group) is 1. The zero-order chi connectivity index (χ0) is 18.7. The number of carbonyl (C=O) groups excluding carboxylic acids is 2. The maximum absolute atomic E-state index is 12.6. The average Bonchev–Trinajstić information content (AvgIpc) is 2.96. The summed E-state index contributed by atoms with van der Waals surface area (Å²) in [5.41, 5.74) is 0.476. The topological polar surface area (TPSA) is 91.1 Å². The van der Waals surface area contributed by atoms with Gasteiger partial charge in [-0.2, -0.15) is 0 Å². The lowest BCUT2D eigenvalue weighted by molar-refractivity contribution is -0.145. The molecule has 1 aromatic heterocycles. The minimum atomic E-state index is -0.809. The summed E-state index contributed by atoms with van der Waals surface area (Å²) >= 11 is 0. The number of piperidine rings is 1. The standard InChI is InChI=1S/C18H26N2O5/c1-11(2)15-9-14(12(3)25-15)17(22)19(4)10-16(21)20-7-5-13(6-8-20)18(23)24/h9,11,13H,5-8,10H2,1-4H3,(H,23,24). The number of aryl methyl sites for hydroxylation is 1. The van der Waals surface area contributed by atoms with Crippen LogP contribution in [0.4, 0.5) is 0 Å². The Kier molecular flexibility index (Phi) is 5.87. The number of carboxylic acids is 1. The molecule has 0 saturated carbocycles. The lowest BCUT2D eigenvalue weighted by atomic mass is 9.97. The molecule has 7 heteroatoms. The van der Waals surface area contributed by atoms with Gasteiger partial charge >= 0.3 is 5.97 Å². The van der Waals surface area contributed by atoms with Crippen LogP contribution in [0.3, 0.4) is 0 Å². The molecule has 2 heterocycles. The fraction of sp³-hybridized carbons (Fsp3) is 0.611. The smallest absolute Gasteiger partial charge is 0.306 e. The average molecular weight is 350 g/mol. The molecule has 1 fully saturated rings. The first-order valence-electron chi connectivity index (χ1n) is 8.57. The predicted octanol–water partition coefficient (Wildman–Crippen LogP) is 2.11. The molecule has 1 saturated heterocycles.